The molecule has 5 nitrogen and oxygen atoms in total. The molecular formula is C14H26N2O3. The van der Waals surface area contributed by atoms with Crippen LogP contribution in [-0.2, 0) is 4.74 Å². The van der Waals surface area contributed by atoms with Gasteiger partial charge in [0.05, 0.1) is 13.2 Å². The molecule has 1 aliphatic heterocycles. The fraction of sp³-hybridized carbons (Fsp3) is 0.929. The molecule has 2 unspecified atom stereocenters. The number of alkyl carbamates (subject to hydrolysis) is 1. The Balaban J connectivity index is 1.64. The number of likely N-dealkylation sites (tertiary alicyclic amines) is 1. The lowest BCUT2D eigenvalue weighted by molar-refractivity contribution is 0.100. The van der Waals surface area contributed by atoms with Gasteiger partial charge < -0.3 is 15.2 Å². The number of nitrogens with one attached hydrogen (secondary N) is 1. The summed E-state index contributed by atoms with van der Waals surface area (Å²) >= 11 is 0. The normalized spacial score (nSPS) is 26.5. The molecule has 1 aliphatic carbocycles. The average molecular weight is 270 g/mol. The van der Waals surface area contributed by atoms with E-state index in [1.807, 2.05) is 0 Å². The number of β-amino-alcohol motifs (C(OH)–C–C–N with tert-alkyl or cyclic N) is 1. The van der Waals surface area contributed by atoms with E-state index in [0.29, 0.717) is 0 Å². The maximum Gasteiger partial charge on any atom is 0.407 e. The molecule has 0 bridgehead atoms. The second kappa shape index (κ2) is 7.10. The summed E-state index contributed by atoms with van der Waals surface area (Å²) in [6.45, 7) is 2.49. The molecule has 1 saturated heterocycles. The lowest BCUT2D eigenvalue weighted by Gasteiger charge is -2.22. The van der Waals surface area contributed by atoms with Gasteiger partial charge in [0.15, 0.2) is 0 Å². The number of carbonyl (C=O) groups excluding carboxylic acids is 1. The van der Waals surface area contributed by atoms with Crippen LogP contribution in [0.25, 0.3) is 0 Å². The van der Waals surface area contributed by atoms with Crippen molar-refractivity contribution in [1.82, 2.24) is 10.2 Å². The zero-order chi connectivity index (χ0) is 13.7. The molecule has 0 radical (unpaired) electrons. The van der Waals surface area contributed by atoms with E-state index in [1.54, 1.807) is 0 Å². The molecule has 0 aromatic rings. The van der Waals surface area contributed by atoms with Crippen LogP contribution in [0.5, 0.6) is 0 Å². The molecular weight excluding hydrogens is 244 g/mol. The van der Waals surface area contributed by atoms with Crippen molar-refractivity contribution >= 4 is 6.09 Å². The fourth-order valence-corrected chi connectivity index (χ4v) is 3.35. The Bertz CT molecular complexity index is 292. The van der Waals surface area contributed by atoms with Gasteiger partial charge >= 0.3 is 6.09 Å². The third kappa shape index (κ3) is 4.66. The van der Waals surface area contributed by atoms with Crippen LogP contribution in [-0.4, -0.2) is 55.0 Å². The van der Waals surface area contributed by atoms with Crippen molar-refractivity contribution in [2.45, 2.75) is 50.7 Å². The first-order valence-electron chi connectivity index (χ1n) is 7.42. The van der Waals surface area contributed by atoms with Crippen molar-refractivity contribution in [1.29, 1.82) is 0 Å². The number of hydrogen-bond acceptors (Lipinski definition) is 4. The highest BCUT2D eigenvalue weighted by atomic mass is 16.5. The quantitative estimate of drug-likeness (QED) is 0.792. The molecule has 2 rings (SSSR count). The van der Waals surface area contributed by atoms with Gasteiger partial charge in [-0.25, -0.2) is 4.79 Å². The third-order valence-electron chi connectivity index (χ3n) is 4.33. The van der Waals surface area contributed by atoms with Crippen molar-refractivity contribution in [3.05, 3.63) is 0 Å². The average Bonchev–Trinajstić information content (AvgIpc) is 3.01. The molecule has 0 spiro atoms. The van der Waals surface area contributed by atoms with Crippen LogP contribution in [0.2, 0.25) is 0 Å². The number of rotatable bonds is 5. The number of carbonyl (C=O) groups is 1. The third-order valence-corrected chi connectivity index (χ3v) is 4.33. The van der Waals surface area contributed by atoms with Crippen LogP contribution in [0.1, 0.15) is 38.5 Å². The lowest BCUT2D eigenvalue weighted by Crippen LogP contribution is -2.38. The van der Waals surface area contributed by atoms with Crippen LogP contribution in [0.3, 0.4) is 0 Å². The Hall–Kier alpha value is -0.810. The number of aliphatic hydroxyl groups excluding tert-OH is 1. The zero-order valence-electron chi connectivity index (χ0n) is 11.8. The minimum absolute atomic E-state index is 0.158. The Morgan fingerprint density at radius 2 is 2.16 bits per heavy atom. The SMILES string of the molecule is COC(=O)NC1CCN(CC(O)CC2CCCC2)C1. The molecule has 110 valence electrons. The van der Waals surface area contributed by atoms with E-state index in [-0.39, 0.29) is 18.2 Å². The summed E-state index contributed by atoms with van der Waals surface area (Å²) in [7, 11) is 1.38. The first-order valence-corrected chi connectivity index (χ1v) is 7.42. The smallest absolute Gasteiger partial charge is 0.407 e. The zero-order valence-corrected chi connectivity index (χ0v) is 11.8. The van der Waals surface area contributed by atoms with Gasteiger partial charge in [0.1, 0.15) is 0 Å². The second-order valence-corrected chi connectivity index (χ2v) is 5.92. The van der Waals surface area contributed by atoms with Gasteiger partial charge in [0.2, 0.25) is 0 Å². The highest BCUT2D eigenvalue weighted by molar-refractivity contribution is 5.67. The standard InChI is InChI=1S/C14H26N2O3/c1-19-14(18)15-12-6-7-16(9-12)10-13(17)8-11-4-2-3-5-11/h11-13,17H,2-10H2,1H3,(H,15,18). The van der Waals surface area contributed by atoms with Gasteiger partial charge in [0, 0.05) is 25.7 Å². The van der Waals surface area contributed by atoms with E-state index in [9.17, 15) is 9.90 Å². The Labute approximate surface area is 115 Å². The molecule has 2 aliphatic rings. The number of hydrogen-bond donors (Lipinski definition) is 2. The summed E-state index contributed by atoms with van der Waals surface area (Å²) in [5, 5.41) is 13.0. The van der Waals surface area contributed by atoms with E-state index in [4.69, 9.17) is 0 Å². The van der Waals surface area contributed by atoms with Crippen LogP contribution in [0.15, 0.2) is 0 Å². The molecule has 5 heteroatoms. The molecule has 2 atom stereocenters. The maximum atomic E-state index is 11.1. The first-order chi connectivity index (χ1) is 9.17. The summed E-state index contributed by atoms with van der Waals surface area (Å²) < 4.78 is 4.60. The van der Waals surface area contributed by atoms with Crippen molar-refractivity contribution in [3.8, 4) is 0 Å². The predicted octanol–water partition coefficient (Wildman–Crippen LogP) is 1.36. The summed E-state index contributed by atoms with van der Waals surface area (Å²) in [4.78, 5) is 13.4. The maximum absolute atomic E-state index is 11.1. The fourth-order valence-electron chi connectivity index (χ4n) is 3.35. The van der Waals surface area contributed by atoms with E-state index in [2.05, 4.69) is 15.0 Å². The number of ether oxygens (including phenoxy) is 1. The molecule has 2 fully saturated rings. The topological polar surface area (TPSA) is 61.8 Å². The molecule has 19 heavy (non-hydrogen) atoms. The van der Waals surface area contributed by atoms with Gasteiger partial charge in [0.25, 0.3) is 0 Å². The Kier molecular flexibility index (Phi) is 5.45. The van der Waals surface area contributed by atoms with Crippen molar-refractivity contribution in [3.63, 3.8) is 0 Å². The van der Waals surface area contributed by atoms with Crippen molar-refractivity contribution in [2.24, 2.45) is 5.92 Å². The molecule has 1 saturated carbocycles. The van der Waals surface area contributed by atoms with Crippen LogP contribution in [0, 0.1) is 5.92 Å². The summed E-state index contributed by atoms with van der Waals surface area (Å²) in [6.07, 6.45) is 6.50. The van der Waals surface area contributed by atoms with E-state index in [0.717, 1.165) is 38.4 Å². The van der Waals surface area contributed by atoms with Gasteiger partial charge in [-0.1, -0.05) is 25.7 Å². The van der Waals surface area contributed by atoms with Crippen molar-refractivity contribution < 1.29 is 14.6 Å². The molecule has 0 aromatic carbocycles. The number of amides is 1. The van der Waals surface area contributed by atoms with E-state index in [1.165, 1.54) is 32.8 Å². The van der Waals surface area contributed by atoms with Crippen LogP contribution < -0.4 is 5.32 Å². The van der Waals surface area contributed by atoms with Gasteiger partial charge in [-0.2, -0.15) is 0 Å². The largest absolute Gasteiger partial charge is 0.453 e. The van der Waals surface area contributed by atoms with Gasteiger partial charge in [-0.05, 0) is 18.8 Å². The number of aliphatic hydroxyl groups is 1. The van der Waals surface area contributed by atoms with Gasteiger partial charge in [-0.3, -0.25) is 4.90 Å². The lowest BCUT2D eigenvalue weighted by atomic mass is 10.00. The number of methoxy groups -OCH3 is 1. The second-order valence-electron chi connectivity index (χ2n) is 5.92. The molecule has 1 amide bonds. The monoisotopic (exact) mass is 270 g/mol. The highest BCUT2D eigenvalue weighted by Crippen LogP contribution is 2.28. The van der Waals surface area contributed by atoms with E-state index < -0.39 is 0 Å². The first kappa shape index (κ1) is 14.6. The minimum atomic E-state index is -0.363. The van der Waals surface area contributed by atoms with Gasteiger partial charge in [-0.15, -0.1) is 0 Å². The Morgan fingerprint density at radius 3 is 2.84 bits per heavy atom. The summed E-state index contributed by atoms with van der Waals surface area (Å²) in [6, 6.07) is 0.158. The highest BCUT2D eigenvalue weighted by Gasteiger charge is 2.26. The van der Waals surface area contributed by atoms with Crippen LogP contribution >= 0.6 is 0 Å². The molecule has 1 heterocycles. The Morgan fingerprint density at radius 1 is 1.42 bits per heavy atom. The van der Waals surface area contributed by atoms with E-state index >= 15 is 0 Å². The predicted molar refractivity (Wildman–Crippen MR) is 73.0 cm³/mol. The molecule has 0 aromatic heterocycles. The molecule has 2 N–H and O–H groups in total. The summed E-state index contributed by atoms with van der Waals surface area (Å²) in [5.74, 6) is 0.724. The summed E-state index contributed by atoms with van der Waals surface area (Å²) in [5.41, 5.74) is 0. The van der Waals surface area contributed by atoms with Crippen LogP contribution in [0.4, 0.5) is 4.79 Å². The van der Waals surface area contributed by atoms with Crippen molar-refractivity contribution in [2.75, 3.05) is 26.7 Å². The number of nitrogens with zero attached hydrogens (tertiary/aromatic N) is 1. The minimum Gasteiger partial charge on any atom is -0.453 e.